The third kappa shape index (κ3) is 2.53. The second kappa shape index (κ2) is 5.54. The number of rotatable bonds is 4. The van der Waals surface area contributed by atoms with E-state index in [1.807, 2.05) is 18.2 Å². The average molecular weight is 261 g/mol. The van der Waals surface area contributed by atoms with Gasteiger partial charge in [0.05, 0.1) is 0 Å². The van der Waals surface area contributed by atoms with Gasteiger partial charge in [0.1, 0.15) is 12.4 Å². The molecule has 0 atom stereocenters. The summed E-state index contributed by atoms with van der Waals surface area (Å²) in [5.41, 5.74) is 2.49. The molecular formula is C18H15NO. The van der Waals surface area contributed by atoms with Gasteiger partial charge in [-0.3, -0.25) is 0 Å². The monoisotopic (exact) mass is 261 g/mol. The molecule has 2 nitrogen and oxygen atoms in total. The van der Waals surface area contributed by atoms with Crippen molar-refractivity contribution in [1.82, 2.24) is 4.57 Å². The van der Waals surface area contributed by atoms with Gasteiger partial charge in [0.15, 0.2) is 0 Å². The van der Waals surface area contributed by atoms with Crippen LogP contribution in [0, 0.1) is 12.3 Å². The summed E-state index contributed by atoms with van der Waals surface area (Å²) >= 11 is 0. The molecule has 3 rings (SSSR count). The third-order valence-corrected chi connectivity index (χ3v) is 3.26. The van der Waals surface area contributed by atoms with Crippen molar-refractivity contribution in [3.05, 3.63) is 66.4 Å². The molecule has 0 saturated carbocycles. The van der Waals surface area contributed by atoms with Crippen molar-refractivity contribution >= 4 is 10.9 Å². The van der Waals surface area contributed by atoms with Crippen LogP contribution < -0.4 is 4.74 Å². The molecule has 0 unspecified atom stereocenters. The highest BCUT2D eigenvalue weighted by atomic mass is 16.5. The Morgan fingerprint density at radius 2 is 1.90 bits per heavy atom. The average Bonchev–Trinajstić information content (AvgIpc) is 2.89. The number of ether oxygens (including phenoxy) is 1. The molecule has 20 heavy (non-hydrogen) atoms. The summed E-state index contributed by atoms with van der Waals surface area (Å²) in [5, 5.41) is 1.16. The Bertz CT molecular complexity index is 750. The van der Waals surface area contributed by atoms with Gasteiger partial charge in [-0.1, -0.05) is 36.3 Å². The predicted molar refractivity (Wildman–Crippen MR) is 81.8 cm³/mol. The Balaban J connectivity index is 1.88. The van der Waals surface area contributed by atoms with Crippen molar-refractivity contribution in [2.75, 3.05) is 6.61 Å². The Morgan fingerprint density at radius 1 is 1.05 bits per heavy atom. The van der Waals surface area contributed by atoms with Crippen LogP contribution in [0.1, 0.15) is 5.56 Å². The van der Waals surface area contributed by atoms with Gasteiger partial charge in [0.25, 0.3) is 0 Å². The lowest BCUT2D eigenvalue weighted by atomic mass is 10.2. The van der Waals surface area contributed by atoms with E-state index in [1.54, 1.807) is 0 Å². The number of aromatic nitrogens is 1. The fourth-order valence-corrected chi connectivity index (χ4v) is 2.31. The summed E-state index contributed by atoms with van der Waals surface area (Å²) in [6, 6.07) is 18.6. The highest BCUT2D eigenvalue weighted by Gasteiger charge is 2.03. The zero-order valence-electron chi connectivity index (χ0n) is 11.1. The second-order valence-electron chi connectivity index (χ2n) is 4.64. The van der Waals surface area contributed by atoms with Crippen molar-refractivity contribution < 1.29 is 4.74 Å². The van der Waals surface area contributed by atoms with Gasteiger partial charge < -0.3 is 9.30 Å². The minimum Gasteiger partial charge on any atom is -0.481 e. The fourth-order valence-electron chi connectivity index (χ4n) is 2.31. The molecule has 3 aromatic rings. The van der Waals surface area contributed by atoms with Crippen LogP contribution in [-0.4, -0.2) is 11.2 Å². The lowest BCUT2D eigenvalue weighted by Crippen LogP contribution is -1.97. The molecule has 0 N–H and O–H groups in total. The molecule has 1 heterocycles. The molecule has 2 heteroatoms. The van der Waals surface area contributed by atoms with Gasteiger partial charge in [-0.15, -0.1) is 6.42 Å². The highest BCUT2D eigenvalue weighted by Crippen LogP contribution is 2.22. The number of benzene rings is 2. The first-order valence-electron chi connectivity index (χ1n) is 6.56. The summed E-state index contributed by atoms with van der Waals surface area (Å²) in [6.45, 7) is 1.17. The van der Waals surface area contributed by atoms with Crippen LogP contribution in [0.4, 0.5) is 0 Å². The standard InChI is InChI=1S/C18H15NO/c1-2-12-20-17-8-9-18-16(13-17)10-11-19(18)14-15-6-4-3-5-7-15/h1,3-11,13H,12,14H2. The van der Waals surface area contributed by atoms with E-state index in [4.69, 9.17) is 11.2 Å². The van der Waals surface area contributed by atoms with Crippen LogP contribution in [0.2, 0.25) is 0 Å². The van der Waals surface area contributed by atoms with Crippen LogP contribution in [0.3, 0.4) is 0 Å². The second-order valence-corrected chi connectivity index (χ2v) is 4.64. The number of hydrogen-bond donors (Lipinski definition) is 0. The molecule has 0 fully saturated rings. The number of terminal acetylenes is 1. The van der Waals surface area contributed by atoms with Crippen molar-refractivity contribution in [2.24, 2.45) is 0 Å². The van der Waals surface area contributed by atoms with Crippen LogP contribution in [0.5, 0.6) is 5.75 Å². The Hall–Kier alpha value is -2.66. The molecule has 0 bridgehead atoms. The summed E-state index contributed by atoms with van der Waals surface area (Å²) in [4.78, 5) is 0. The topological polar surface area (TPSA) is 14.2 Å². The van der Waals surface area contributed by atoms with Crippen molar-refractivity contribution in [3.63, 3.8) is 0 Å². The zero-order chi connectivity index (χ0) is 13.8. The molecule has 2 aromatic carbocycles. The normalized spacial score (nSPS) is 10.3. The fraction of sp³-hybridized carbons (Fsp3) is 0.111. The maximum absolute atomic E-state index is 5.45. The number of fused-ring (bicyclic) bond motifs is 1. The molecule has 0 radical (unpaired) electrons. The Kier molecular flexibility index (Phi) is 3.43. The highest BCUT2D eigenvalue weighted by molar-refractivity contribution is 5.81. The molecule has 0 aliphatic rings. The molecular weight excluding hydrogens is 246 g/mol. The zero-order valence-corrected chi connectivity index (χ0v) is 11.1. The van der Waals surface area contributed by atoms with Crippen molar-refractivity contribution in [3.8, 4) is 18.1 Å². The predicted octanol–water partition coefficient (Wildman–Crippen LogP) is 3.70. The summed E-state index contributed by atoms with van der Waals surface area (Å²) in [7, 11) is 0. The maximum atomic E-state index is 5.45. The maximum Gasteiger partial charge on any atom is 0.148 e. The van der Waals surface area contributed by atoms with Crippen LogP contribution in [0.15, 0.2) is 60.8 Å². The van der Waals surface area contributed by atoms with E-state index in [0.717, 1.165) is 17.7 Å². The minimum absolute atomic E-state index is 0.302. The molecule has 0 aliphatic heterocycles. The van der Waals surface area contributed by atoms with E-state index >= 15 is 0 Å². The van der Waals surface area contributed by atoms with Crippen LogP contribution in [-0.2, 0) is 6.54 Å². The molecule has 0 saturated heterocycles. The molecule has 0 spiro atoms. The Morgan fingerprint density at radius 3 is 2.70 bits per heavy atom. The molecule has 0 aliphatic carbocycles. The molecule has 98 valence electrons. The van der Waals surface area contributed by atoms with E-state index in [2.05, 4.69) is 53.1 Å². The van der Waals surface area contributed by atoms with E-state index in [0.29, 0.717) is 6.61 Å². The smallest absolute Gasteiger partial charge is 0.148 e. The summed E-state index contributed by atoms with van der Waals surface area (Å²) < 4.78 is 7.68. The van der Waals surface area contributed by atoms with E-state index < -0.39 is 0 Å². The first-order chi connectivity index (χ1) is 9.86. The van der Waals surface area contributed by atoms with E-state index in [9.17, 15) is 0 Å². The van der Waals surface area contributed by atoms with Crippen molar-refractivity contribution in [2.45, 2.75) is 6.54 Å². The minimum atomic E-state index is 0.302. The summed E-state index contributed by atoms with van der Waals surface area (Å²) in [6.07, 6.45) is 7.30. The summed E-state index contributed by atoms with van der Waals surface area (Å²) in [5.74, 6) is 3.29. The van der Waals surface area contributed by atoms with Gasteiger partial charge in [0.2, 0.25) is 0 Å². The van der Waals surface area contributed by atoms with Gasteiger partial charge in [0, 0.05) is 23.6 Å². The first-order valence-corrected chi connectivity index (χ1v) is 6.56. The Labute approximate surface area is 118 Å². The van der Waals surface area contributed by atoms with Crippen LogP contribution in [0.25, 0.3) is 10.9 Å². The SMILES string of the molecule is C#CCOc1ccc2c(ccn2Cc2ccccc2)c1. The van der Waals surface area contributed by atoms with Gasteiger partial charge in [-0.2, -0.15) is 0 Å². The quantitative estimate of drug-likeness (QED) is 0.653. The van der Waals surface area contributed by atoms with E-state index in [1.165, 1.54) is 11.1 Å². The molecule has 1 aromatic heterocycles. The van der Waals surface area contributed by atoms with Gasteiger partial charge in [-0.25, -0.2) is 0 Å². The number of nitrogens with zero attached hydrogens (tertiary/aromatic N) is 1. The van der Waals surface area contributed by atoms with Crippen molar-refractivity contribution in [1.29, 1.82) is 0 Å². The third-order valence-electron chi connectivity index (χ3n) is 3.26. The van der Waals surface area contributed by atoms with Crippen LogP contribution >= 0.6 is 0 Å². The lowest BCUT2D eigenvalue weighted by molar-refractivity contribution is 0.371. The first kappa shape index (κ1) is 12.4. The molecule has 0 amide bonds. The lowest BCUT2D eigenvalue weighted by Gasteiger charge is -2.07. The number of hydrogen-bond acceptors (Lipinski definition) is 1. The van der Waals surface area contributed by atoms with Gasteiger partial charge in [-0.05, 0) is 29.8 Å². The largest absolute Gasteiger partial charge is 0.481 e. The van der Waals surface area contributed by atoms with Gasteiger partial charge >= 0.3 is 0 Å². The van der Waals surface area contributed by atoms with E-state index in [-0.39, 0.29) is 0 Å².